The second-order valence-electron chi connectivity index (χ2n) is 7.41. The van der Waals surface area contributed by atoms with Crippen LogP contribution in [-0.2, 0) is 0 Å². The van der Waals surface area contributed by atoms with Crippen LogP contribution in [0.15, 0.2) is 48.7 Å². The van der Waals surface area contributed by atoms with Gasteiger partial charge in [0.1, 0.15) is 5.69 Å². The highest BCUT2D eigenvalue weighted by Crippen LogP contribution is 2.24. The molecule has 1 aromatic heterocycles. The van der Waals surface area contributed by atoms with Crippen molar-refractivity contribution >= 4 is 17.4 Å². The average molecular weight is 363 g/mol. The normalized spacial score (nSPS) is 19.9. The molecule has 5 heteroatoms. The van der Waals surface area contributed by atoms with E-state index < -0.39 is 0 Å². The number of Topliss-reactive ketones (excluding diaryl/α,β-unsaturated/α-hetero) is 1. The number of hydrogen-bond donors (Lipinski definition) is 0. The minimum atomic E-state index is -0.165. The van der Waals surface area contributed by atoms with Crippen LogP contribution < -0.4 is 4.90 Å². The molecule has 0 radical (unpaired) electrons. The van der Waals surface area contributed by atoms with E-state index in [2.05, 4.69) is 9.88 Å². The van der Waals surface area contributed by atoms with Crippen molar-refractivity contribution in [3.05, 3.63) is 59.9 Å². The summed E-state index contributed by atoms with van der Waals surface area (Å²) in [6.45, 7) is 3.37. The number of nitrogens with zero attached hydrogens (tertiary/aromatic N) is 3. The van der Waals surface area contributed by atoms with Crippen molar-refractivity contribution in [1.29, 1.82) is 0 Å². The summed E-state index contributed by atoms with van der Waals surface area (Å²) in [5, 5.41) is 0. The number of aromatic nitrogens is 1. The number of carbonyl (C=O) groups excluding carboxylic acids is 2. The molecule has 1 aromatic carbocycles. The summed E-state index contributed by atoms with van der Waals surface area (Å²) < 4.78 is 0. The van der Waals surface area contributed by atoms with Crippen molar-refractivity contribution in [2.75, 3.05) is 31.1 Å². The Balaban J connectivity index is 1.43. The van der Waals surface area contributed by atoms with Gasteiger partial charge >= 0.3 is 0 Å². The molecule has 2 aliphatic heterocycles. The van der Waals surface area contributed by atoms with Gasteiger partial charge in [-0.15, -0.1) is 0 Å². The van der Waals surface area contributed by atoms with Crippen molar-refractivity contribution < 1.29 is 9.59 Å². The third-order valence-corrected chi connectivity index (χ3v) is 5.58. The first-order valence-corrected chi connectivity index (χ1v) is 9.82. The van der Waals surface area contributed by atoms with Crippen LogP contribution in [0.3, 0.4) is 0 Å². The number of amides is 1. The van der Waals surface area contributed by atoms with Crippen LogP contribution >= 0.6 is 0 Å². The lowest BCUT2D eigenvalue weighted by Crippen LogP contribution is -2.42. The highest BCUT2D eigenvalue weighted by Gasteiger charge is 2.30. The molecule has 2 aromatic rings. The number of hydrogen-bond acceptors (Lipinski definition) is 4. The first-order valence-electron chi connectivity index (χ1n) is 9.82. The Morgan fingerprint density at radius 3 is 2.41 bits per heavy atom. The summed E-state index contributed by atoms with van der Waals surface area (Å²) in [5.41, 5.74) is 2.38. The first-order chi connectivity index (χ1) is 13.2. The van der Waals surface area contributed by atoms with Crippen LogP contribution in [0.25, 0.3) is 0 Å². The fourth-order valence-corrected chi connectivity index (χ4v) is 4.07. The Morgan fingerprint density at radius 1 is 0.926 bits per heavy atom. The molecule has 2 fully saturated rings. The van der Waals surface area contributed by atoms with Gasteiger partial charge in [-0.2, -0.15) is 0 Å². The van der Waals surface area contributed by atoms with Crippen molar-refractivity contribution in [3.8, 4) is 0 Å². The standard InChI is InChI=1S/C22H25N3O2/c26-21(20-7-1-2-12-23-20)18-6-5-15-25(16-18)22(27)17-8-10-19(11-9-17)24-13-3-4-14-24/h1-2,7-12,18H,3-6,13-16H2. The van der Waals surface area contributed by atoms with Gasteiger partial charge in [0.2, 0.25) is 0 Å². The largest absolute Gasteiger partial charge is 0.372 e. The number of piperidine rings is 1. The summed E-state index contributed by atoms with van der Waals surface area (Å²) in [7, 11) is 0. The van der Waals surface area contributed by atoms with E-state index in [-0.39, 0.29) is 17.6 Å². The Hall–Kier alpha value is -2.69. The summed E-state index contributed by atoms with van der Waals surface area (Å²) >= 11 is 0. The Bertz CT molecular complexity index is 798. The predicted molar refractivity (Wildman–Crippen MR) is 105 cm³/mol. The third kappa shape index (κ3) is 3.87. The lowest BCUT2D eigenvalue weighted by molar-refractivity contribution is 0.0635. The van der Waals surface area contributed by atoms with Crippen molar-refractivity contribution in [1.82, 2.24) is 9.88 Å². The molecule has 5 nitrogen and oxygen atoms in total. The fraction of sp³-hybridized carbons (Fsp3) is 0.409. The van der Waals surface area contributed by atoms with Gasteiger partial charge in [-0.3, -0.25) is 14.6 Å². The molecular weight excluding hydrogens is 338 g/mol. The zero-order valence-electron chi connectivity index (χ0n) is 15.5. The van der Waals surface area contributed by atoms with Crippen LogP contribution in [0.4, 0.5) is 5.69 Å². The molecule has 0 aliphatic carbocycles. The molecule has 1 amide bonds. The van der Waals surface area contributed by atoms with E-state index in [1.54, 1.807) is 18.3 Å². The maximum Gasteiger partial charge on any atom is 0.253 e. The third-order valence-electron chi connectivity index (χ3n) is 5.58. The molecule has 0 saturated carbocycles. The Kier molecular flexibility index (Phi) is 5.19. The molecule has 27 heavy (non-hydrogen) atoms. The Labute approximate surface area is 160 Å². The van der Waals surface area contributed by atoms with E-state index >= 15 is 0 Å². The minimum Gasteiger partial charge on any atom is -0.372 e. The molecule has 3 heterocycles. The number of rotatable bonds is 4. The lowest BCUT2D eigenvalue weighted by Gasteiger charge is -2.32. The van der Waals surface area contributed by atoms with Gasteiger partial charge in [0, 0.05) is 49.5 Å². The van der Waals surface area contributed by atoms with Gasteiger partial charge in [0.25, 0.3) is 5.91 Å². The molecule has 4 rings (SSSR count). The minimum absolute atomic E-state index is 0.0153. The molecule has 0 N–H and O–H groups in total. The number of anilines is 1. The highest BCUT2D eigenvalue weighted by atomic mass is 16.2. The van der Waals surface area contributed by atoms with Gasteiger partial charge in [0.15, 0.2) is 5.78 Å². The zero-order valence-corrected chi connectivity index (χ0v) is 15.5. The number of ketones is 1. The van der Waals surface area contributed by atoms with E-state index in [9.17, 15) is 9.59 Å². The molecule has 1 unspecified atom stereocenters. The summed E-state index contributed by atoms with van der Waals surface area (Å²) in [5.74, 6) is -0.111. The number of likely N-dealkylation sites (tertiary alicyclic amines) is 1. The summed E-state index contributed by atoms with van der Waals surface area (Å²) in [6.07, 6.45) is 5.77. The SMILES string of the molecule is O=C(c1ccccn1)C1CCCN(C(=O)c2ccc(N3CCCC3)cc2)C1. The maximum atomic E-state index is 12.9. The average Bonchev–Trinajstić information content (AvgIpc) is 3.28. The second-order valence-corrected chi connectivity index (χ2v) is 7.41. The predicted octanol–water partition coefficient (Wildman–Crippen LogP) is 3.42. The molecule has 1 atom stereocenters. The van der Waals surface area contributed by atoms with Gasteiger partial charge in [-0.05, 0) is 62.1 Å². The molecular formula is C22H25N3O2. The van der Waals surface area contributed by atoms with E-state index in [1.807, 2.05) is 35.2 Å². The maximum absolute atomic E-state index is 12.9. The molecule has 0 bridgehead atoms. The smallest absolute Gasteiger partial charge is 0.253 e. The van der Waals surface area contributed by atoms with Crippen molar-refractivity contribution in [2.24, 2.45) is 5.92 Å². The number of benzene rings is 1. The van der Waals surface area contributed by atoms with Crippen LogP contribution in [0, 0.1) is 5.92 Å². The van der Waals surface area contributed by atoms with E-state index in [0.717, 1.165) is 25.9 Å². The highest BCUT2D eigenvalue weighted by molar-refractivity contribution is 5.98. The molecule has 2 aliphatic rings. The Morgan fingerprint density at radius 2 is 1.70 bits per heavy atom. The van der Waals surface area contributed by atoms with Crippen LogP contribution in [-0.4, -0.2) is 47.8 Å². The number of carbonyl (C=O) groups is 2. The van der Waals surface area contributed by atoms with Gasteiger partial charge < -0.3 is 9.80 Å². The second kappa shape index (κ2) is 7.91. The van der Waals surface area contributed by atoms with Gasteiger partial charge in [-0.1, -0.05) is 6.07 Å². The topological polar surface area (TPSA) is 53.5 Å². The van der Waals surface area contributed by atoms with E-state index in [0.29, 0.717) is 24.3 Å². The fourth-order valence-electron chi connectivity index (χ4n) is 4.07. The van der Waals surface area contributed by atoms with Crippen LogP contribution in [0.5, 0.6) is 0 Å². The van der Waals surface area contributed by atoms with E-state index in [1.165, 1.54) is 18.5 Å². The first kappa shape index (κ1) is 17.7. The van der Waals surface area contributed by atoms with Crippen molar-refractivity contribution in [2.45, 2.75) is 25.7 Å². The molecule has 0 spiro atoms. The van der Waals surface area contributed by atoms with Crippen LogP contribution in [0.2, 0.25) is 0 Å². The van der Waals surface area contributed by atoms with Crippen LogP contribution in [0.1, 0.15) is 46.5 Å². The van der Waals surface area contributed by atoms with E-state index in [4.69, 9.17) is 0 Å². The number of pyridine rings is 1. The molecule has 140 valence electrons. The van der Waals surface area contributed by atoms with Crippen molar-refractivity contribution in [3.63, 3.8) is 0 Å². The lowest BCUT2D eigenvalue weighted by atomic mass is 9.91. The monoisotopic (exact) mass is 363 g/mol. The van der Waals surface area contributed by atoms with Gasteiger partial charge in [-0.25, -0.2) is 0 Å². The quantitative estimate of drug-likeness (QED) is 0.781. The van der Waals surface area contributed by atoms with Gasteiger partial charge in [0.05, 0.1) is 0 Å². The summed E-state index contributed by atoms with van der Waals surface area (Å²) in [4.78, 5) is 34.0. The molecule has 2 saturated heterocycles. The zero-order chi connectivity index (χ0) is 18.6. The summed E-state index contributed by atoms with van der Waals surface area (Å²) in [6, 6.07) is 13.3.